The molecule has 2 aromatic rings. The fourth-order valence-electron chi connectivity index (χ4n) is 1.54. The van der Waals surface area contributed by atoms with Crippen molar-refractivity contribution in [2.75, 3.05) is 5.32 Å². The van der Waals surface area contributed by atoms with Crippen LogP contribution in [0, 0.1) is 12.7 Å². The second kappa shape index (κ2) is 4.79. The topological polar surface area (TPSA) is 12.0 Å². The van der Waals surface area contributed by atoms with Gasteiger partial charge < -0.3 is 5.32 Å². The average molecular weight is 214 g/mol. The molecule has 16 heavy (non-hydrogen) atoms. The lowest BCUT2D eigenvalue weighted by Crippen LogP contribution is -2.00. The standard InChI is InChI=1S/C14H13FN/c1-11-5-2-3-8-14(11)16-10-12-6-4-7-13(15)9-12/h2-9,16H,1,10H2. The van der Waals surface area contributed by atoms with Crippen molar-refractivity contribution in [2.45, 2.75) is 6.54 Å². The third kappa shape index (κ3) is 2.60. The van der Waals surface area contributed by atoms with Gasteiger partial charge in [-0.15, -0.1) is 0 Å². The Morgan fingerprint density at radius 2 is 1.88 bits per heavy atom. The molecule has 0 bridgehead atoms. The van der Waals surface area contributed by atoms with Crippen molar-refractivity contribution < 1.29 is 4.39 Å². The first kappa shape index (κ1) is 10.7. The molecule has 0 spiro atoms. The lowest BCUT2D eigenvalue weighted by molar-refractivity contribution is 0.626. The first-order chi connectivity index (χ1) is 7.75. The predicted molar refractivity (Wildman–Crippen MR) is 64.6 cm³/mol. The number of nitrogens with one attached hydrogen (secondary N) is 1. The van der Waals surface area contributed by atoms with E-state index in [1.54, 1.807) is 6.07 Å². The molecule has 0 saturated carbocycles. The molecule has 81 valence electrons. The number of halogens is 1. The van der Waals surface area contributed by atoms with Crippen LogP contribution < -0.4 is 5.32 Å². The van der Waals surface area contributed by atoms with Gasteiger partial charge in [0.05, 0.1) is 0 Å². The molecule has 0 aliphatic rings. The summed E-state index contributed by atoms with van der Waals surface area (Å²) < 4.78 is 12.9. The lowest BCUT2D eigenvalue weighted by Gasteiger charge is -2.09. The highest BCUT2D eigenvalue weighted by Crippen LogP contribution is 2.14. The minimum absolute atomic E-state index is 0.206. The largest absolute Gasteiger partial charge is 0.381 e. The third-order valence-corrected chi connectivity index (χ3v) is 2.39. The molecular formula is C14H13FN. The quantitative estimate of drug-likeness (QED) is 0.822. The fraction of sp³-hybridized carbons (Fsp3) is 0.0714. The molecule has 0 amide bonds. The molecule has 1 nitrogen and oxygen atoms in total. The number of hydrogen-bond donors (Lipinski definition) is 1. The van der Waals surface area contributed by atoms with Crippen molar-refractivity contribution in [1.82, 2.24) is 0 Å². The highest BCUT2D eigenvalue weighted by atomic mass is 19.1. The maximum Gasteiger partial charge on any atom is 0.123 e. The summed E-state index contributed by atoms with van der Waals surface area (Å²) in [4.78, 5) is 0. The molecule has 0 fully saturated rings. The van der Waals surface area contributed by atoms with E-state index in [1.165, 1.54) is 12.1 Å². The molecule has 0 atom stereocenters. The van der Waals surface area contributed by atoms with Crippen LogP contribution in [0.25, 0.3) is 0 Å². The van der Waals surface area contributed by atoms with Crippen LogP contribution in [-0.2, 0) is 6.54 Å². The minimum Gasteiger partial charge on any atom is -0.381 e. The van der Waals surface area contributed by atoms with Gasteiger partial charge in [-0.2, -0.15) is 0 Å². The predicted octanol–water partition coefficient (Wildman–Crippen LogP) is 3.62. The third-order valence-electron chi connectivity index (χ3n) is 2.39. The van der Waals surface area contributed by atoms with E-state index in [0.717, 1.165) is 16.8 Å². The Hall–Kier alpha value is -1.83. The normalized spacial score (nSPS) is 10.1. The van der Waals surface area contributed by atoms with Gasteiger partial charge >= 0.3 is 0 Å². The smallest absolute Gasteiger partial charge is 0.123 e. The second-order valence-corrected chi connectivity index (χ2v) is 3.64. The van der Waals surface area contributed by atoms with Crippen LogP contribution in [0.5, 0.6) is 0 Å². The van der Waals surface area contributed by atoms with E-state index < -0.39 is 0 Å². The van der Waals surface area contributed by atoms with E-state index in [1.807, 2.05) is 30.3 Å². The Bertz CT molecular complexity index is 480. The van der Waals surface area contributed by atoms with Crippen molar-refractivity contribution in [3.05, 3.63) is 72.4 Å². The zero-order chi connectivity index (χ0) is 11.4. The van der Waals surface area contributed by atoms with Gasteiger partial charge in [0.1, 0.15) is 5.82 Å². The van der Waals surface area contributed by atoms with Crippen molar-refractivity contribution >= 4 is 5.69 Å². The first-order valence-corrected chi connectivity index (χ1v) is 5.15. The molecular weight excluding hydrogens is 201 g/mol. The van der Waals surface area contributed by atoms with Crippen LogP contribution in [0.4, 0.5) is 10.1 Å². The molecule has 1 radical (unpaired) electrons. The zero-order valence-electron chi connectivity index (χ0n) is 8.91. The Labute approximate surface area is 94.9 Å². The van der Waals surface area contributed by atoms with E-state index in [9.17, 15) is 4.39 Å². The van der Waals surface area contributed by atoms with Crippen LogP contribution in [0.3, 0.4) is 0 Å². The molecule has 1 N–H and O–H groups in total. The Morgan fingerprint density at radius 1 is 1.06 bits per heavy atom. The summed E-state index contributed by atoms with van der Waals surface area (Å²) in [7, 11) is 0. The highest BCUT2D eigenvalue weighted by Gasteiger charge is 1.97. The number of rotatable bonds is 3. The van der Waals surface area contributed by atoms with Crippen molar-refractivity contribution in [1.29, 1.82) is 0 Å². The summed E-state index contributed by atoms with van der Waals surface area (Å²) in [6, 6.07) is 14.4. The van der Waals surface area contributed by atoms with Crippen molar-refractivity contribution in [2.24, 2.45) is 0 Å². The monoisotopic (exact) mass is 214 g/mol. The van der Waals surface area contributed by atoms with Crippen LogP contribution >= 0.6 is 0 Å². The van der Waals surface area contributed by atoms with Gasteiger partial charge in [-0.05, 0) is 36.2 Å². The van der Waals surface area contributed by atoms with Gasteiger partial charge in [-0.3, -0.25) is 0 Å². The molecule has 0 heterocycles. The van der Waals surface area contributed by atoms with E-state index in [-0.39, 0.29) is 5.82 Å². The molecule has 0 unspecified atom stereocenters. The summed E-state index contributed by atoms with van der Waals surface area (Å²) in [6.07, 6.45) is 0. The molecule has 0 aliphatic carbocycles. The van der Waals surface area contributed by atoms with Crippen LogP contribution in [0.1, 0.15) is 11.1 Å². The van der Waals surface area contributed by atoms with E-state index >= 15 is 0 Å². The highest BCUT2D eigenvalue weighted by molar-refractivity contribution is 5.52. The van der Waals surface area contributed by atoms with Gasteiger partial charge in [0.2, 0.25) is 0 Å². The van der Waals surface area contributed by atoms with Crippen LogP contribution in [0.15, 0.2) is 48.5 Å². The Balaban J connectivity index is 2.05. The summed E-state index contributed by atoms with van der Waals surface area (Å²) in [5, 5.41) is 3.23. The van der Waals surface area contributed by atoms with Gasteiger partial charge in [0.15, 0.2) is 0 Å². The molecule has 2 rings (SSSR count). The lowest BCUT2D eigenvalue weighted by atomic mass is 10.2. The van der Waals surface area contributed by atoms with Gasteiger partial charge in [0.25, 0.3) is 0 Å². The second-order valence-electron chi connectivity index (χ2n) is 3.64. The van der Waals surface area contributed by atoms with Crippen LogP contribution in [-0.4, -0.2) is 0 Å². The maximum atomic E-state index is 12.9. The minimum atomic E-state index is -0.206. The Morgan fingerprint density at radius 3 is 2.62 bits per heavy atom. The molecule has 2 heteroatoms. The van der Waals surface area contributed by atoms with Gasteiger partial charge in [-0.1, -0.05) is 30.3 Å². The fourth-order valence-corrected chi connectivity index (χ4v) is 1.54. The first-order valence-electron chi connectivity index (χ1n) is 5.15. The molecule has 0 aliphatic heterocycles. The average Bonchev–Trinajstić information content (AvgIpc) is 2.28. The summed E-state index contributed by atoms with van der Waals surface area (Å²) >= 11 is 0. The maximum absolute atomic E-state index is 12.9. The number of para-hydroxylation sites is 1. The van der Waals surface area contributed by atoms with Crippen molar-refractivity contribution in [3.8, 4) is 0 Å². The summed E-state index contributed by atoms with van der Waals surface area (Å²) in [5.41, 5.74) is 2.84. The molecule has 2 aromatic carbocycles. The SMILES string of the molecule is [CH2]c1ccccc1NCc1cccc(F)c1. The number of hydrogen-bond acceptors (Lipinski definition) is 1. The molecule has 0 aromatic heterocycles. The van der Waals surface area contributed by atoms with E-state index in [0.29, 0.717) is 6.54 Å². The summed E-state index contributed by atoms with van der Waals surface area (Å²) in [5.74, 6) is -0.206. The Kier molecular flexibility index (Phi) is 3.20. The van der Waals surface area contributed by atoms with Gasteiger partial charge in [0, 0.05) is 12.2 Å². The van der Waals surface area contributed by atoms with Gasteiger partial charge in [-0.25, -0.2) is 4.39 Å². The summed E-state index contributed by atoms with van der Waals surface area (Å²) in [6.45, 7) is 4.52. The van der Waals surface area contributed by atoms with Crippen LogP contribution in [0.2, 0.25) is 0 Å². The van der Waals surface area contributed by atoms with E-state index in [2.05, 4.69) is 12.2 Å². The van der Waals surface area contributed by atoms with Crippen molar-refractivity contribution in [3.63, 3.8) is 0 Å². The number of benzene rings is 2. The van der Waals surface area contributed by atoms with E-state index in [4.69, 9.17) is 0 Å². The molecule has 0 saturated heterocycles. The number of anilines is 1. The zero-order valence-corrected chi connectivity index (χ0v) is 8.91.